The summed E-state index contributed by atoms with van der Waals surface area (Å²) in [5.74, 6) is 1.06. The molecule has 0 fully saturated rings. The van der Waals surface area contributed by atoms with E-state index in [0.29, 0.717) is 0 Å². The van der Waals surface area contributed by atoms with Crippen molar-refractivity contribution in [3.63, 3.8) is 0 Å². The van der Waals surface area contributed by atoms with E-state index in [1.54, 1.807) is 20.1 Å². The lowest BCUT2D eigenvalue weighted by molar-refractivity contribution is 0.397. The van der Waals surface area contributed by atoms with Crippen molar-refractivity contribution in [2.45, 2.75) is 18.7 Å². The van der Waals surface area contributed by atoms with Gasteiger partial charge in [-0.05, 0) is 43.7 Å². The second kappa shape index (κ2) is 11.1. The molecular formula is C16H21ClO8S2. The SMILES string of the molecule is COc1ccc(C)cc1.COc1ccc(C)cc1S(=O)(=O)O.O=S(=O)(O)Cl. The second-order valence-corrected chi connectivity index (χ2v) is 8.44. The lowest BCUT2D eigenvalue weighted by atomic mass is 10.2. The third kappa shape index (κ3) is 12.2. The van der Waals surface area contributed by atoms with Crippen LogP contribution >= 0.6 is 10.7 Å². The molecule has 2 aromatic carbocycles. The normalized spacial score (nSPS) is 10.6. The maximum atomic E-state index is 10.8. The Kier molecular flexibility index (Phi) is 10.3. The number of aryl methyl sites for hydroxylation is 2. The number of methoxy groups -OCH3 is 2. The first-order chi connectivity index (χ1) is 12.3. The van der Waals surface area contributed by atoms with Crippen molar-refractivity contribution in [2.75, 3.05) is 14.2 Å². The van der Waals surface area contributed by atoms with Crippen LogP contribution < -0.4 is 9.47 Å². The van der Waals surface area contributed by atoms with E-state index in [-0.39, 0.29) is 10.6 Å². The first-order valence-electron chi connectivity index (χ1n) is 7.17. The third-order valence-corrected chi connectivity index (χ3v) is 3.73. The summed E-state index contributed by atoms with van der Waals surface area (Å²) in [4.78, 5) is -0.199. The smallest absolute Gasteiger partial charge is 0.353 e. The summed E-state index contributed by atoms with van der Waals surface area (Å²) < 4.78 is 65.4. The predicted molar refractivity (Wildman–Crippen MR) is 103 cm³/mol. The van der Waals surface area contributed by atoms with Gasteiger partial charge in [0.1, 0.15) is 16.4 Å². The molecule has 0 spiro atoms. The summed E-state index contributed by atoms with van der Waals surface area (Å²) in [6, 6.07) is 12.5. The number of rotatable bonds is 3. The molecule has 152 valence electrons. The van der Waals surface area contributed by atoms with Gasteiger partial charge in [-0.15, -0.1) is 0 Å². The van der Waals surface area contributed by atoms with Crippen molar-refractivity contribution in [1.29, 1.82) is 0 Å². The Labute approximate surface area is 163 Å². The largest absolute Gasteiger partial charge is 0.497 e. The lowest BCUT2D eigenvalue weighted by Gasteiger charge is -2.05. The number of benzene rings is 2. The third-order valence-electron chi connectivity index (χ3n) is 2.85. The van der Waals surface area contributed by atoms with Gasteiger partial charge in [0.2, 0.25) is 0 Å². The van der Waals surface area contributed by atoms with E-state index < -0.39 is 19.4 Å². The molecule has 0 radical (unpaired) electrons. The van der Waals surface area contributed by atoms with Gasteiger partial charge in [0, 0.05) is 10.7 Å². The van der Waals surface area contributed by atoms with Crippen LogP contribution in [0, 0.1) is 13.8 Å². The number of hydrogen-bond acceptors (Lipinski definition) is 6. The van der Waals surface area contributed by atoms with Gasteiger partial charge in [-0.25, -0.2) is 0 Å². The maximum Gasteiger partial charge on any atom is 0.353 e. The van der Waals surface area contributed by atoms with Crippen molar-refractivity contribution in [3.8, 4) is 11.5 Å². The van der Waals surface area contributed by atoms with Gasteiger partial charge in [-0.2, -0.15) is 16.8 Å². The van der Waals surface area contributed by atoms with Crippen molar-refractivity contribution in [2.24, 2.45) is 0 Å². The zero-order valence-electron chi connectivity index (χ0n) is 15.1. The fourth-order valence-electron chi connectivity index (χ4n) is 1.66. The number of ether oxygens (including phenoxy) is 2. The zero-order valence-corrected chi connectivity index (χ0v) is 17.5. The Hall–Kier alpha value is -1.85. The van der Waals surface area contributed by atoms with Crippen molar-refractivity contribution >= 4 is 30.1 Å². The molecule has 2 aromatic rings. The highest BCUT2D eigenvalue weighted by atomic mass is 35.7. The first kappa shape index (κ1) is 25.1. The molecule has 2 rings (SSSR count). The summed E-state index contributed by atoms with van der Waals surface area (Å²) in [7, 11) is -1.31. The zero-order chi connectivity index (χ0) is 21.3. The summed E-state index contributed by atoms with van der Waals surface area (Å²) in [6.07, 6.45) is 0. The molecule has 11 heteroatoms. The van der Waals surface area contributed by atoms with E-state index >= 15 is 0 Å². The average molecular weight is 441 g/mol. The van der Waals surface area contributed by atoms with Gasteiger partial charge in [0.25, 0.3) is 10.1 Å². The molecule has 8 nitrogen and oxygen atoms in total. The van der Waals surface area contributed by atoms with Gasteiger partial charge < -0.3 is 9.47 Å². The fourth-order valence-corrected chi connectivity index (χ4v) is 2.40. The Morgan fingerprint density at radius 1 is 0.815 bits per heavy atom. The maximum absolute atomic E-state index is 10.8. The van der Waals surface area contributed by atoms with Crippen molar-refractivity contribution in [1.82, 2.24) is 0 Å². The highest BCUT2D eigenvalue weighted by Crippen LogP contribution is 2.23. The van der Waals surface area contributed by atoms with Gasteiger partial charge in [-0.1, -0.05) is 23.8 Å². The molecule has 0 aliphatic carbocycles. The van der Waals surface area contributed by atoms with Crippen LogP contribution in [0.1, 0.15) is 11.1 Å². The van der Waals surface area contributed by atoms with E-state index in [4.69, 9.17) is 27.0 Å². The first-order valence-corrected chi connectivity index (χ1v) is 10.9. The quantitative estimate of drug-likeness (QED) is 0.549. The molecule has 0 saturated carbocycles. The topological polar surface area (TPSA) is 127 Å². The molecule has 2 N–H and O–H groups in total. The minimum absolute atomic E-state index is 0.146. The van der Waals surface area contributed by atoms with Crippen LogP contribution in [0.3, 0.4) is 0 Å². The van der Waals surface area contributed by atoms with E-state index in [2.05, 4.69) is 17.6 Å². The molecule has 0 bridgehead atoms. The Morgan fingerprint density at radius 2 is 1.26 bits per heavy atom. The molecule has 0 amide bonds. The van der Waals surface area contributed by atoms with Crippen LogP contribution in [0.5, 0.6) is 11.5 Å². The summed E-state index contributed by atoms with van der Waals surface area (Å²) in [5.41, 5.74) is 2.00. The standard InChI is InChI=1S/C8H10O4S.C8H10O.ClHO3S/c1-6-3-4-7(12-2)8(5-6)13(9,10)11;1-7-3-5-8(9-2)6-4-7;1-5(2,3)4/h3-5H,1-2H3,(H,9,10,11);3-6H,1-2H3;(H,2,3,4). The summed E-state index contributed by atoms with van der Waals surface area (Å²) in [6.45, 7) is 3.79. The highest BCUT2D eigenvalue weighted by molar-refractivity contribution is 8.09. The van der Waals surface area contributed by atoms with Gasteiger partial charge >= 0.3 is 9.33 Å². The Morgan fingerprint density at radius 3 is 1.63 bits per heavy atom. The van der Waals surface area contributed by atoms with Crippen molar-refractivity contribution in [3.05, 3.63) is 53.6 Å². The molecular weight excluding hydrogens is 420 g/mol. The van der Waals surface area contributed by atoms with Crippen LogP contribution in [0.4, 0.5) is 0 Å². The van der Waals surface area contributed by atoms with Crippen molar-refractivity contribution < 1.29 is 35.4 Å². The highest BCUT2D eigenvalue weighted by Gasteiger charge is 2.15. The molecule has 0 aromatic heterocycles. The molecule has 27 heavy (non-hydrogen) atoms. The van der Waals surface area contributed by atoms with Crippen LogP contribution in [0.15, 0.2) is 47.4 Å². The van der Waals surface area contributed by atoms with Crippen LogP contribution in [-0.4, -0.2) is 40.2 Å². The fraction of sp³-hybridized carbons (Fsp3) is 0.250. The minimum Gasteiger partial charge on any atom is -0.497 e. The van der Waals surface area contributed by atoms with Crippen LogP contribution in [-0.2, 0) is 19.4 Å². The van der Waals surface area contributed by atoms with Gasteiger partial charge in [0.05, 0.1) is 14.2 Å². The lowest BCUT2D eigenvalue weighted by Crippen LogP contribution is -2.01. The molecule has 0 atom stereocenters. The van der Waals surface area contributed by atoms with Gasteiger partial charge in [0.15, 0.2) is 0 Å². The second-order valence-electron chi connectivity index (χ2n) is 5.06. The van der Waals surface area contributed by atoms with E-state index in [0.717, 1.165) is 11.3 Å². The number of hydrogen-bond donors (Lipinski definition) is 2. The van der Waals surface area contributed by atoms with E-state index in [9.17, 15) is 8.42 Å². The average Bonchev–Trinajstić information content (AvgIpc) is 2.54. The molecule has 0 heterocycles. The molecule has 0 aliphatic rings. The van der Waals surface area contributed by atoms with Crippen LogP contribution in [0.25, 0.3) is 0 Å². The van der Waals surface area contributed by atoms with Gasteiger partial charge in [-0.3, -0.25) is 9.11 Å². The monoisotopic (exact) mass is 440 g/mol. The minimum atomic E-state index is -4.19. The van der Waals surface area contributed by atoms with E-state index in [1.807, 2.05) is 24.3 Å². The molecule has 0 saturated heterocycles. The molecule has 0 aliphatic heterocycles. The predicted octanol–water partition coefficient (Wildman–Crippen LogP) is 3.28. The Balaban J connectivity index is 0.000000419. The number of halogens is 1. The van der Waals surface area contributed by atoms with Crippen LogP contribution in [0.2, 0.25) is 0 Å². The van der Waals surface area contributed by atoms with E-state index in [1.165, 1.54) is 24.8 Å². The summed E-state index contributed by atoms with van der Waals surface area (Å²) >= 11 is 0. The Bertz CT molecular complexity index is 915. The molecule has 0 unspecified atom stereocenters. The summed E-state index contributed by atoms with van der Waals surface area (Å²) in [5, 5.41) is 0.